The second-order valence-electron chi connectivity index (χ2n) is 9.05. The SMILES string of the molecule is CCCC1C(=O)C2CCC3(C)CC(C)C(O3)C(O)C=C(C)C(=O)CC1OC2=O. The first kappa shape index (κ1) is 21.2. The largest absolute Gasteiger partial charge is 0.461 e. The Bertz CT molecular complexity index is 683. The first-order valence-electron chi connectivity index (χ1n) is 10.5. The molecule has 7 unspecified atom stereocenters. The molecular weight excluding hydrogens is 360 g/mol. The summed E-state index contributed by atoms with van der Waals surface area (Å²) in [4.78, 5) is 38.4. The van der Waals surface area contributed by atoms with Gasteiger partial charge in [0.15, 0.2) is 11.6 Å². The number of aliphatic hydroxyl groups excluding tert-OH is 1. The summed E-state index contributed by atoms with van der Waals surface area (Å²) in [6.07, 6.45) is 2.57. The summed E-state index contributed by atoms with van der Waals surface area (Å²) in [6, 6.07) is 0. The van der Waals surface area contributed by atoms with Gasteiger partial charge in [-0.1, -0.05) is 20.3 Å². The Balaban J connectivity index is 1.97. The van der Waals surface area contributed by atoms with E-state index in [2.05, 4.69) is 0 Å². The molecule has 4 bridgehead atoms. The Morgan fingerprint density at radius 1 is 1.29 bits per heavy atom. The van der Waals surface area contributed by atoms with Crippen molar-refractivity contribution in [2.24, 2.45) is 17.8 Å². The normalized spacial score (nSPS) is 42.2. The lowest BCUT2D eigenvalue weighted by atomic mass is 9.78. The van der Waals surface area contributed by atoms with Gasteiger partial charge in [-0.05, 0) is 57.1 Å². The zero-order chi connectivity index (χ0) is 20.6. The van der Waals surface area contributed by atoms with E-state index in [1.165, 1.54) is 0 Å². The van der Waals surface area contributed by atoms with Crippen LogP contribution in [0.3, 0.4) is 0 Å². The lowest BCUT2D eigenvalue weighted by molar-refractivity contribution is -0.172. The Morgan fingerprint density at radius 3 is 2.68 bits per heavy atom. The van der Waals surface area contributed by atoms with Crippen LogP contribution in [-0.4, -0.2) is 46.6 Å². The Morgan fingerprint density at radius 2 is 2.00 bits per heavy atom. The summed E-state index contributed by atoms with van der Waals surface area (Å²) in [5.74, 6) is -1.95. The number of Topliss-reactive ketones (excluding diaryl/α,β-unsaturated/α-hetero) is 2. The van der Waals surface area contributed by atoms with Gasteiger partial charge in [0.1, 0.15) is 12.0 Å². The highest BCUT2D eigenvalue weighted by Gasteiger charge is 2.48. The lowest BCUT2D eigenvalue weighted by Gasteiger charge is -2.35. The minimum absolute atomic E-state index is 0.0251. The van der Waals surface area contributed by atoms with Gasteiger partial charge in [-0.3, -0.25) is 14.4 Å². The maximum absolute atomic E-state index is 13.1. The summed E-state index contributed by atoms with van der Waals surface area (Å²) in [6.45, 7) is 7.62. The van der Waals surface area contributed by atoms with Crippen LogP contribution in [0.15, 0.2) is 11.6 Å². The fourth-order valence-corrected chi connectivity index (χ4v) is 5.05. The molecule has 156 valence electrons. The molecule has 0 aromatic rings. The molecule has 4 rings (SSSR count). The lowest BCUT2D eigenvalue weighted by Crippen LogP contribution is -2.47. The van der Waals surface area contributed by atoms with Gasteiger partial charge in [0.05, 0.1) is 23.7 Å². The molecule has 0 amide bonds. The van der Waals surface area contributed by atoms with Crippen molar-refractivity contribution in [3.8, 4) is 0 Å². The number of allylic oxidation sites excluding steroid dienone is 1. The molecule has 6 nitrogen and oxygen atoms in total. The molecule has 4 aliphatic rings. The quantitative estimate of drug-likeness (QED) is 0.574. The van der Waals surface area contributed by atoms with Gasteiger partial charge >= 0.3 is 5.97 Å². The van der Waals surface area contributed by atoms with Crippen molar-refractivity contribution >= 4 is 17.5 Å². The maximum atomic E-state index is 13.1. The standard InChI is InChI=1S/C22H32O6/c1-5-6-14-18-10-16(23)12(2)9-17(24)20-13(3)11-22(4,28-20)8-7-15(19(14)25)21(26)27-18/h9,13-15,17-18,20,24H,5-8,10-11H2,1-4H3. The van der Waals surface area contributed by atoms with E-state index in [0.717, 1.165) is 12.8 Å². The van der Waals surface area contributed by atoms with E-state index in [1.807, 2.05) is 20.8 Å². The van der Waals surface area contributed by atoms with E-state index in [0.29, 0.717) is 24.8 Å². The topological polar surface area (TPSA) is 89.9 Å². The van der Waals surface area contributed by atoms with Crippen LogP contribution >= 0.6 is 0 Å². The number of hydrogen-bond donors (Lipinski definition) is 1. The molecule has 0 aliphatic carbocycles. The van der Waals surface area contributed by atoms with Gasteiger partial charge in [-0.25, -0.2) is 0 Å². The highest BCUT2D eigenvalue weighted by atomic mass is 16.5. The van der Waals surface area contributed by atoms with Crippen molar-refractivity contribution < 1.29 is 29.0 Å². The number of carbonyl (C=O) groups is 3. The number of esters is 1. The number of hydrogen-bond acceptors (Lipinski definition) is 6. The van der Waals surface area contributed by atoms with Gasteiger partial charge in [0.2, 0.25) is 0 Å². The van der Waals surface area contributed by atoms with E-state index in [1.54, 1.807) is 13.0 Å². The first-order chi connectivity index (χ1) is 13.1. The van der Waals surface area contributed by atoms with Crippen LogP contribution in [0.5, 0.6) is 0 Å². The average Bonchev–Trinajstić information content (AvgIpc) is 2.92. The molecule has 2 fully saturated rings. The number of fused-ring (bicyclic) bond motifs is 6. The van der Waals surface area contributed by atoms with Crippen LogP contribution in [-0.2, 0) is 23.9 Å². The van der Waals surface area contributed by atoms with Crippen molar-refractivity contribution in [3.05, 3.63) is 11.6 Å². The summed E-state index contributed by atoms with van der Waals surface area (Å²) in [5.41, 5.74) is -0.103. The van der Waals surface area contributed by atoms with Crippen molar-refractivity contribution in [1.82, 2.24) is 0 Å². The second-order valence-corrected chi connectivity index (χ2v) is 9.05. The third-order valence-electron chi connectivity index (χ3n) is 6.59. The minimum Gasteiger partial charge on any atom is -0.461 e. The van der Waals surface area contributed by atoms with Crippen molar-refractivity contribution in [2.75, 3.05) is 0 Å². The monoisotopic (exact) mass is 392 g/mol. The number of aliphatic hydroxyl groups is 1. The highest BCUT2D eigenvalue weighted by Crippen LogP contribution is 2.42. The van der Waals surface area contributed by atoms with Crippen molar-refractivity contribution in [3.63, 3.8) is 0 Å². The molecule has 4 aliphatic heterocycles. The molecule has 1 N–H and O–H groups in total. The van der Waals surface area contributed by atoms with E-state index in [-0.39, 0.29) is 23.9 Å². The van der Waals surface area contributed by atoms with E-state index < -0.39 is 41.7 Å². The molecule has 0 aromatic carbocycles. The van der Waals surface area contributed by atoms with Gasteiger partial charge < -0.3 is 14.6 Å². The van der Waals surface area contributed by atoms with Crippen molar-refractivity contribution in [2.45, 2.75) is 90.1 Å². The summed E-state index contributed by atoms with van der Waals surface area (Å²) < 4.78 is 11.8. The molecule has 7 atom stereocenters. The maximum Gasteiger partial charge on any atom is 0.316 e. The van der Waals surface area contributed by atoms with Crippen LogP contribution in [0.2, 0.25) is 0 Å². The first-order valence-corrected chi connectivity index (χ1v) is 10.5. The van der Waals surface area contributed by atoms with Crippen LogP contribution < -0.4 is 0 Å². The summed E-state index contributed by atoms with van der Waals surface area (Å²) >= 11 is 0. The highest BCUT2D eigenvalue weighted by molar-refractivity contribution is 6.03. The van der Waals surface area contributed by atoms with Gasteiger partial charge in [-0.2, -0.15) is 0 Å². The summed E-state index contributed by atoms with van der Waals surface area (Å²) in [5, 5.41) is 10.6. The fourth-order valence-electron chi connectivity index (χ4n) is 5.05. The Labute approximate surface area is 166 Å². The van der Waals surface area contributed by atoms with Gasteiger partial charge in [-0.15, -0.1) is 0 Å². The smallest absolute Gasteiger partial charge is 0.316 e. The van der Waals surface area contributed by atoms with Gasteiger partial charge in [0, 0.05) is 6.42 Å². The number of ketones is 2. The Hall–Kier alpha value is -1.53. The molecule has 2 saturated heterocycles. The molecular formula is C22H32O6. The second kappa shape index (κ2) is 8.07. The van der Waals surface area contributed by atoms with Crippen LogP contribution in [0.4, 0.5) is 0 Å². The molecule has 0 spiro atoms. The summed E-state index contributed by atoms with van der Waals surface area (Å²) in [7, 11) is 0. The molecule has 4 heterocycles. The van der Waals surface area contributed by atoms with Crippen LogP contribution in [0, 0.1) is 17.8 Å². The molecule has 0 radical (unpaired) electrons. The molecule has 0 aromatic heterocycles. The molecule has 6 heteroatoms. The predicted octanol–water partition coefficient (Wildman–Crippen LogP) is 2.76. The number of rotatable bonds is 2. The predicted molar refractivity (Wildman–Crippen MR) is 102 cm³/mol. The van der Waals surface area contributed by atoms with E-state index in [9.17, 15) is 19.5 Å². The number of ether oxygens (including phenoxy) is 2. The third-order valence-corrected chi connectivity index (χ3v) is 6.59. The van der Waals surface area contributed by atoms with Crippen LogP contribution in [0.1, 0.15) is 66.2 Å². The molecule has 0 saturated carbocycles. The van der Waals surface area contributed by atoms with E-state index >= 15 is 0 Å². The van der Waals surface area contributed by atoms with Gasteiger partial charge in [0.25, 0.3) is 0 Å². The minimum atomic E-state index is -0.864. The molecule has 28 heavy (non-hydrogen) atoms. The zero-order valence-electron chi connectivity index (χ0n) is 17.3. The zero-order valence-corrected chi connectivity index (χ0v) is 17.3. The van der Waals surface area contributed by atoms with Crippen molar-refractivity contribution in [1.29, 1.82) is 0 Å². The fraction of sp³-hybridized carbons (Fsp3) is 0.773. The van der Waals surface area contributed by atoms with E-state index in [4.69, 9.17) is 9.47 Å². The number of carbonyl (C=O) groups excluding carboxylic acids is 3. The third kappa shape index (κ3) is 4.08. The Kier molecular flexibility index (Phi) is 6.11. The van der Waals surface area contributed by atoms with Crippen LogP contribution in [0.25, 0.3) is 0 Å². The average molecular weight is 392 g/mol.